The molecule has 0 amide bonds. The first kappa shape index (κ1) is 11.8. The molecule has 2 aromatic carbocycles. The van der Waals surface area contributed by atoms with Gasteiger partial charge in [-0.1, -0.05) is 18.2 Å². The van der Waals surface area contributed by atoms with Crippen molar-refractivity contribution in [3.05, 3.63) is 53.6 Å². The van der Waals surface area contributed by atoms with Crippen LogP contribution in [-0.2, 0) is 0 Å². The number of para-hydroxylation sites is 2. The van der Waals surface area contributed by atoms with Gasteiger partial charge in [-0.15, -0.1) is 0 Å². The van der Waals surface area contributed by atoms with Crippen molar-refractivity contribution in [1.29, 1.82) is 0 Å². The molecule has 0 N–H and O–H groups in total. The molecule has 0 aromatic heterocycles. The third-order valence-electron chi connectivity index (χ3n) is 3.23. The average molecular weight is 251 g/mol. The predicted molar refractivity (Wildman–Crippen MR) is 76.7 cm³/mol. The average Bonchev–Trinajstić information content (AvgIpc) is 2.83. The normalized spacial score (nSPS) is 12.6. The summed E-state index contributed by atoms with van der Waals surface area (Å²) in [5.41, 5.74) is 4.33. The number of hydrogen-bond acceptors (Lipinski definition) is 2. The van der Waals surface area contributed by atoms with Crippen molar-refractivity contribution in [2.24, 2.45) is 4.99 Å². The number of aliphatic imine (C=N–C) groups is 1. The number of benzene rings is 2. The molecule has 3 nitrogen and oxygen atoms in total. The van der Waals surface area contributed by atoms with E-state index in [2.05, 4.69) is 30.2 Å². The van der Waals surface area contributed by atoms with Gasteiger partial charge in [0.1, 0.15) is 12.4 Å². The first-order chi connectivity index (χ1) is 9.22. The van der Waals surface area contributed by atoms with Gasteiger partial charge in [0.05, 0.1) is 11.4 Å². The molecular formula is C16H15N2O. The maximum absolute atomic E-state index is 5.73. The monoisotopic (exact) mass is 251 g/mol. The Balaban J connectivity index is 1.67. The van der Waals surface area contributed by atoms with Gasteiger partial charge in [0.2, 0.25) is 0 Å². The quantitative estimate of drug-likeness (QED) is 0.820. The zero-order chi connectivity index (χ0) is 13.2. The maximum atomic E-state index is 5.73. The molecular weight excluding hydrogens is 236 g/mol. The fourth-order valence-electron chi connectivity index (χ4n) is 1.97. The fourth-order valence-corrected chi connectivity index (χ4v) is 1.97. The number of hydrogen-bond donors (Lipinski definition) is 0. The van der Waals surface area contributed by atoms with Gasteiger partial charge < -0.3 is 4.74 Å². The molecule has 0 unspecified atom stereocenters. The van der Waals surface area contributed by atoms with Crippen LogP contribution in [0.2, 0.25) is 0 Å². The largest absolute Gasteiger partial charge is 0.486 e. The molecule has 1 aliphatic rings. The molecule has 0 atom stereocenters. The van der Waals surface area contributed by atoms with Crippen LogP contribution in [0, 0.1) is 13.8 Å². The lowest BCUT2D eigenvalue weighted by molar-refractivity contribution is 0.373. The minimum atomic E-state index is 0.400. The Kier molecular flexibility index (Phi) is 2.95. The number of fused-ring (bicyclic) bond motifs is 1. The Bertz CT molecular complexity index is 647. The Morgan fingerprint density at radius 1 is 0.947 bits per heavy atom. The Morgan fingerprint density at radius 2 is 1.74 bits per heavy atom. The number of nitrogens with zero attached hydrogens (tertiary/aromatic N) is 2. The molecule has 2 aromatic rings. The van der Waals surface area contributed by atoms with E-state index in [1.165, 1.54) is 11.1 Å². The van der Waals surface area contributed by atoms with Crippen LogP contribution < -0.4 is 10.1 Å². The smallest absolute Gasteiger partial charge is 0.167 e. The Hall–Kier alpha value is -2.29. The lowest BCUT2D eigenvalue weighted by Gasteiger charge is -2.07. The topological polar surface area (TPSA) is 35.7 Å². The summed E-state index contributed by atoms with van der Waals surface area (Å²) in [5, 5.41) is 4.43. The predicted octanol–water partition coefficient (Wildman–Crippen LogP) is 3.66. The highest BCUT2D eigenvalue weighted by atomic mass is 16.5. The van der Waals surface area contributed by atoms with Crippen LogP contribution in [0.25, 0.3) is 0 Å². The zero-order valence-electron chi connectivity index (χ0n) is 11.1. The highest BCUT2D eigenvalue weighted by Crippen LogP contribution is 2.29. The van der Waals surface area contributed by atoms with E-state index in [0.717, 1.165) is 23.0 Å². The van der Waals surface area contributed by atoms with Crippen LogP contribution >= 0.6 is 0 Å². The molecule has 3 rings (SSSR count). The molecule has 0 fully saturated rings. The van der Waals surface area contributed by atoms with Gasteiger partial charge in [-0.3, -0.25) is 0 Å². The van der Waals surface area contributed by atoms with E-state index in [0.29, 0.717) is 6.61 Å². The van der Waals surface area contributed by atoms with E-state index in [4.69, 9.17) is 4.74 Å². The minimum Gasteiger partial charge on any atom is -0.486 e. The van der Waals surface area contributed by atoms with Crippen molar-refractivity contribution in [1.82, 2.24) is 5.32 Å². The van der Waals surface area contributed by atoms with Crippen LogP contribution in [0.15, 0.2) is 47.5 Å². The summed E-state index contributed by atoms with van der Waals surface area (Å²) in [6.45, 7) is 4.57. The van der Waals surface area contributed by atoms with Gasteiger partial charge in [0.25, 0.3) is 0 Å². The van der Waals surface area contributed by atoms with Crippen LogP contribution in [0.1, 0.15) is 11.1 Å². The van der Waals surface area contributed by atoms with Crippen molar-refractivity contribution in [2.45, 2.75) is 13.8 Å². The van der Waals surface area contributed by atoms with E-state index in [1.807, 2.05) is 36.4 Å². The summed E-state index contributed by atoms with van der Waals surface area (Å²) in [6.07, 6.45) is 0. The van der Waals surface area contributed by atoms with E-state index in [9.17, 15) is 0 Å². The van der Waals surface area contributed by atoms with Gasteiger partial charge in [-0.25, -0.2) is 10.3 Å². The summed E-state index contributed by atoms with van der Waals surface area (Å²) in [5.74, 6) is 1.58. The lowest BCUT2D eigenvalue weighted by Crippen LogP contribution is -2.16. The van der Waals surface area contributed by atoms with E-state index < -0.39 is 0 Å². The van der Waals surface area contributed by atoms with Crippen molar-refractivity contribution >= 4 is 17.2 Å². The summed E-state index contributed by atoms with van der Waals surface area (Å²) in [4.78, 5) is 4.43. The second-order valence-electron chi connectivity index (χ2n) is 4.66. The molecule has 1 heterocycles. The third kappa shape index (κ3) is 2.45. The Morgan fingerprint density at radius 3 is 2.47 bits per heavy atom. The second-order valence-corrected chi connectivity index (χ2v) is 4.66. The third-order valence-corrected chi connectivity index (χ3v) is 3.23. The number of amidine groups is 1. The Labute approximate surface area is 113 Å². The molecule has 1 aliphatic heterocycles. The lowest BCUT2D eigenvalue weighted by atomic mass is 10.1. The zero-order valence-corrected chi connectivity index (χ0v) is 11.1. The van der Waals surface area contributed by atoms with Gasteiger partial charge >= 0.3 is 0 Å². The van der Waals surface area contributed by atoms with Gasteiger partial charge in [-0.2, -0.15) is 0 Å². The standard InChI is InChI=1S/C16H15N2O/c1-11-7-8-13(9-12(11)2)19-10-16-17-14-5-3-4-6-15(14)18-16/h3-9H,10H2,1-2H3. The number of aryl methyl sites for hydroxylation is 2. The minimum absolute atomic E-state index is 0.400. The SMILES string of the molecule is Cc1ccc(OCC2=Nc3ccccc3[N]2)cc1C. The molecule has 0 bridgehead atoms. The van der Waals surface area contributed by atoms with Gasteiger partial charge in [0, 0.05) is 0 Å². The molecule has 1 radical (unpaired) electrons. The number of ether oxygens (including phenoxy) is 1. The summed E-state index contributed by atoms with van der Waals surface area (Å²) >= 11 is 0. The van der Waals surface area contributed by atoms with E-state index in [1.54, 1.807) is 0 Å². The highest BCUT2D eigenvalue weighted by molar-refractivity contribution is 5.96. The van der Waals surface area contributed by atoms with E-state index in [-0.39, 0.29) is 0 Å². The number of rotatable bonds is 3. The van der Waals surface area contributed by atoms with Crippen molar-refractivity contribution in [3.63, 3.8) is 0 Å². The summed E-state index contributed by atoms with van der Waals surface area (Å²) in [7, 11) is 0. The highest BCUT2D eigenvalue weighted by Gasteiger charge is 2.15. The summed E-state index contributed by atoms with van der Waals surface area (Å²) < 4.78 is 5.73. The van der Waals surface area contributed by atoms with Crippen LogP contribution in [-0.4, -0.2) is 12.4 Å². The van der Waals surface area contributed by atoms with Crippen LogP contribution in [0.4, 0.5) is 11.4 Å². The molecule has 3 heteroatoms. The molecule has 95 valence electrons. The second kappa shape index (κ2) is 4.76. The molecule has 0 saturated heterocycles. The summed E-state index contributed by atoms with van der Waals surface area (Å²) in [6, 6.07) is 13.9. The van der Waals surface area contributed by atoms with Crippen molar-refractivity contribution in [2.75, 3.05) is 6.61 Å². The molecule has 0 spiro atoms. The molecule has 0 aliphatic carbocycles. The fraction of sp³-hybridized carbons (Fsp3) is 0.188. The van der Waals surface area contributed by atoms with Crippen LogP contribution in [0.3, 0.4) is 0 Å². The first-order valence-electron chi connectivity index (χ1n) is 6.31. The molecule has 19 heavy (non-hydrogen) atoms. The van der Waals surface area contributed by atoms with Crippen molar-refractivity contribution < 1.29 is 4.74 Å². The molecule has 0 saturated carbocycles. The van der Waals surface area contributed by atoms with Gasteiger partial charge in [0.15, 0.2) is 5.84 Å². The van der Waals surface area contributed by atoms with Crippen molar-refractivity contribution in [3.8, 4) is 5.75 Å². The van der Waals surface area contributed by atoms with Crippen LogP contribution in [0.5, 0.6) is 5.75 Å². The first-order valence-corrected chi connectivity index (χ1v) is 6.31. The van der Waals surface area contributed by atoms with E-state index >= 15 is 0 Å². The van der Waals surface area contributed by atoms with Gasteiger partial charge in [-0.05, 0) is 49.2 Å². The maximum Gasteiger partial charge on any atom is 0.167 e.